The van der Waals surface area contributed by atoms with Crippen LogP contribution in [0.15, 0.2) is 28.7 Å². The maximum Gasteiger partial charge on any atom is 0.253 e. The van der Waals surface area contributed by atoms with Crippen molar-refractivity contribution in [3.8, 4) is 0 Å². The van der Waals surface area contributed by atoms with Crippen molar-refractivity contribution in [2.75, 3.05) is 13.1 Å². The molecule has 2 amide bonds. The predicted molar refractivity (Wildman–Crippen MR) is 121 cm³/mol. The highest BCUT2D eigenvalue weighted by Gasteiger charge is 2.53. The highest BCUT2D eigenvalue weighted by atomic mass is 79.9. The van der Waals surface area contributed by atoms with Crippen molar-refractivity contribution < 1.29 is 9.59 Å². The molecule has 1 atom stereocenters. The molecule has 1 saturated heterocycles. The average molecular weight is 473 g/mol. The van der Waals surface area contributed by atoms with Gasteiger partial charge in [0.05, 0.1) is 0 Å². The zero-order valence-electron chi connectivity index (χ0n) is 17.9. The summed E-state index contributed by atoms with van der Waals surface area (Å²) in [6.45, 7) is 3.59. The summed E-state index contributed by atoms with van der Waals surface area (Å²) in [7, 11) is 0. The van der Waals surface area contributed by atoms with Gasteiger partial charge in [0, 0.05) is 35.1 Å². The van der Waals surface area contributed by atoms with Gasteiger partial charge in [-0.2, -0.15) is 0 Å². The number of hydrogen-bond donors (Lipinski definition) is 1. The molecule has 1 aromatic carbocycles. The minimum Gasteiger partial charge on any atom is -0.353 e. The van der Waals surface area contributed by atoms with E-state index in [4.69, 9.17) is 0 Å². The van der Waals surface area contributed by atoms with Crippen LogP contribution in [-0.4, -0.2) is 35.8 Å². The molecule has 1 aromatic rings. The van der Waals surface area contributed by atoms with E-state index in [-0.39, 0.29) is 23.8 Å². The molecule has 5 fully saturated rings. The molecule has 30 heavy (non-hydrogen) atoms. The Labute approximate surface area is 188 Å². The number of likely N-dealkylation sites (tertiary alicyclic amines) is 1. The van der Waals surface area contributed by atoms with Gasteiger partial charge in [-0.3, -0.25) is 9.59 Å². The maximum atomic E-state index is 13.1. The summed E-state index contributed by atoms with van der Waals surface area (Å²) in [5, 5.41) is 3.44. The molecule has 6 rings (SSSR count). The number of rotatable bonds is 4. The van der Waals surface area contributed by atoms with Crippen LogP contribution in [0, 0.1) is 29.1 Å². The average Bonchev–Trinajstić information content (AvgIpc) is 2.73. The summed E-state index contributed by atoms with van der Waals surface area (Å²) in [6.07, 6.45) is 9.80. The number of halogens is 1. The van der Waals surface area contributed by atoms with Gasteiger partial charge >= 0.3 is 0 Å². The Bertz CT molecular complexity index is 778. The Kier molecular flexibility index (Phi) is 5.45. The molecule has 1 unspecified atom stereocenters. The van der Waals surface area contributed by atoms with Crippen LogP contribution in [0.3, 0.4) is 0 Å². The topological polar surface area (TPSA) is 49.4 Å². The SMILES string of the molecule is CC(NC(=O)C1CCN(C(=O)c2ccc(Br)cc2)CC1)C12CC3CC(CC(C3)C1)C2. The van der Waals surface area contributed by atoms with Crippen molar-refractivity contribution in [2.24, 2.45) is 29.1 Å². The van der Waals surface area contributed by atoms with Gasteiger partial charge in [-0.15, -0.1) is 0 Å². The van der Waals surface area contributed by atoms with Gasteiger partial charge in [-0.25, -0.2) is 0 Å². The smallest absolute Gasteiger partial charge is 0.253 e. The molecule has 4 saturated carbocycles. The third-order valence-corrected chi connectivity index (χ3v) is 9.14. The number of nitrogens with zero attached hydrogens (tertiary/aromatic N) is 1. The van der Waals surface area contributed by atoms with E-state index >= 15 is 0 Å². The van der Waals surface area contributed by atoms with Gasteiger partial charge in [0.15, 0.2) is 0 Å². The molecule has 1 aliphatic heterocycles. The number of carbonyl (C=O) groups is 2. The van der Waals surface area contributed by atoms with E-state index in [9.17, 15) is 9.59 Å². The van der Waals surface area contributed by atoms with E-state index in [1.807, 2.05) is 29.2 Å². The van der Waals surface area contributed by atoms with E-state index in [1.54, 1.807) is 0 Å². The zero-order valence-corrected chi connectivity index (χ0v) is 19.5. The number of amides is 2. The Morgan fingerprint density at radius 1 is 1.00 bits per heavy atom. The lowest BCUT2D eigenvalue weighted by Gasteiger charge is -2.59. The molecule has 5 aliphatic rings. The first-order valence-corrected chi connectivity index (χ1v) is 12.6. The van der Waals surface area contributed by atoms with Crippen LogP contribution in [-0.2, 0) is 4.79 Å². The molecule has 1 heterocycles. The Morgan fingerprint density at radius 2 is 1.53 bits per heavy atom. The van der Waals surface area contributed by atoms with Crippen molar-refractivity contribution >= 4 is 27.7 Å². The number of piperidine rings is 1. The van der Waals surface area contributed by atoms with Crippen LogP contribution in [0.5, 0.6) is 0 Å². The molecule has 162 valence electrons. The van der Waals surface area contributed by atoms with E-state index in [2.05, 4.69) is 28.2 Å². The summed E-state index contributed by atoms with van der Waals surface area (Å²) >= 11 is 3.41. The fourth-order valence-corrected chi connectivity index (χ4v) is 7.58. The minimum absolute atomic E-state index is 0.0373. The molecule has 1 N–H and O–H groups in total. The van der Waals surface area contributed by atoms with Gasteiger partial charge in [0.25, 0.3) is 5.91 Å². The highest BCUT2D eigenvalue weighted by molar-refractivity contribution is 9.10. The lowest BCUT2D eigenvalue weighted by Crippen LogP contribution is -2.56. The molecule has 0 radical (unpaired) electrons. The van der Waals surface area contributed by atoms with Crippen LogP contribution >= 0.6 is 15.9 Å². The van der Waals surface area contributed by atoms with Crippen LogP contribution < -0.4 is 5.32 Å². The van der Waals surface area contributed by atoms with Gasteiger partial charge in [-0.1, -0.05) is 15.9 Å². The molecule has 4 bridgehead atoms. The summed E-state index contributed by atoms with van der Waals surface area (Å²) in [4.78, 5) is 27.7. The molecular formula is C25H33BrN2O2. The fourth-order valence-electron chi connectivity index (χ4n) is 7.31. The standard InChI is InChI=1S/C25H33BrN2O2/c1-16(25-13-17-10-18(14-25)12-19(11-17)15-25)27-23(29)20-6-8-28(9-7-20)24(30)21-2-4-22(26)5-3-21/h2-5,16-20H,6-15H2,1H3,(H,27,29). The maximum absolute atomic E-state index is 13.1. The molecule has 0 aromatic heterocycles. The number of carbonyl (C=O) groups excluding carboxylic acids is 2. The lowest BCUT2D eigenvalue weighted by atomic mass is 9.48. The Morgan fingerprint density at radius 3 is 2.07 bits per heavy atom. The lowest BCUT2D eigenvalue weighted by molar-refractivity contribution is -0.131. The van der Waals surface area contributed by atoms with Gasteiger partial charge in [0.1, 0.15) is 0 Å². The van der Waals surface area contributed by atoms with E-state index in [0.717, 1.165) is 40.6 Å². The second kappa shape index (κ2) is 7.96. The molecular weight excluding hydrogens is 440 g/mol. The van der Waals surface area contributed by atoms with E-state index < -0.39 is 0 Å². The van der Waals surface area contributed by atoms with E-state index in [1.165, 1.54) is 38.5 Å². The van der Waals surface area contributed by atoms with Crippen LogP contribution in [0.2, 0.25) is 0 Å². The van der Waals surface area contributed by atoms with Crippen molar-refractivity contribution in [3.63, 3.8) is 0 Å². The summed E-state index contributed by atoms with van der Waals surface area (Å²) in [6, 6.07) is 7.80. The third-order valence-electron chi connectivity index (χ3n) is 8.61. The van der Waals surface area contributed by atoms with Crippen LogP contribution in [0.1, 0.15) is 68.6 Å². The number of nitrogens with one attached hydrogen (secondary N) is 1. The first-order chi connectivity index (χ1) is 14.4. The van der Waals surface area contributed by atoms with Crippen molar-refractivity contribution in [3.05, 3.63) is 34.3 Å². The van der Waals surface area contributed by atoms with Gasteiger partial charge in [0.2, 0.25) is 5.91 Å². The van der Waals surface area contributed by atoms with E-state index in [0.29, 0.717) is 18.5 Å². The predicted octanol–water partition coefficient (Wildman–Crippen LogP) is 5.02. The summed E-state index contributed by atoms with van der Waals surface area (Å²) in [5.74, 6) is 3.04. The number of benzene rings is 1. The van der Waals surface area contributed by atoms with Crippen molar-refractivity contribution in [1.82, 2.24) is 10.2 Å². The fraction of sp³-hybridized carbons (Fsp3) is 0.680. The molecule has 0 spiro atoms. The molecule has 4 nitrogen and oxygen atoms in total. The second-order valence-electron chi connectivity index (χ2n) is 10.6. The second-order valence-corrected chi connectivity index (χ2v) is 11.5. The third kappa shape index (κ3) is 3.83. The monoisotopic (exact) mass is 472 g/mol. The summed E-state index contributed by atoms with van der Waals surface area (Å²) in [5.41, 5.74) is 1.07. The minimum atomic E-state index is 0.0373. The largest absolute Gasteiger partial charge is 0.353 e. The van der Waals surface area contributed by atoms with Crippen molar-refractivity contribution in [1.29, 1.82) is 0 Å². The molecule has 5 heteroatoms. The first kappa shape index (κ1) is 20.5. The normalized spacial score (nSPS) is 34.1. The van der Waals surface area contributed by atoms with Crippen LogP contribution in [0.4, 0.5) is 0 Å². The molecule has 4 aliphatic carbocycles. The number of hydrogen-bond acceptors (Lipinski definition) is 2. The first-order valence-electron chi connectivity index (χ1n) is 11.8. The van der Waals surface area contributed by atoms with Crippen LogP contribution in [0.25, 0.3) is 0 Å². The summed E-state index contributed by atoms with van der Waals surface area (Å²) < 4.78 is 0.975. The Hall–Kier alpha value is -1.36. The highest BCUT2D eigenvalue weighted by Crippen LogP contribution is 2.61. The Balaban J connectivity index is 1.15. The van der Waals surface area contributed by atoms with Crippen molar-refractivity contribution in [2.45, 2.75) is 64.3 Å². The van der Waals surface area contributed by atoms with Gasteiger partial charge < -0.3 is 10.2 Å². The van der Waals surface area contributed by atoms with Gasteiger partial charge in [-0.05, 0) is 106 Å². The zero-order chi connectivity index (χ0) is 20.9. The quantitative estimate of drug-likeness (QED) is 0.668.